The molecule has 1 atom stereocenters. The van der Waals surface area contributed by atoms with Crippen molar-refractivity contribution in [1.82, 2.24) is 4.90 Å². The molecule has 0 spiro atoms. The molecule has 3 aromatic rings. The van der Waals surface area contributed by atoms with E-state index in [1.165, 1.54) is 32.3 Å². The lowest BCUT2D eigenvalue weighted by molar-refractivity contribution is -0.140. The number of Topliss-reactive ketones (excluding diaryl/α,β-unsaturated/α-hetero) is 1. The van der Waals surface area contributed by atoms with E-state index < -0.39 is 23.5 Å². The van der Waals surface area contributed by atoms with Gasteiger partial charge in [0.05, 0.1) is 50.1 Å². The van der Waals surface area contributed by atoms with E-state index in [1.54, 1.807) is 12.1 Å². The molecule has 37 heavy (non-hydrogen) atoms. The molecule has 3 aromatic carbocycles. The van der Waals surface area contributed by atoms with Crippen LogP contribution in [0.25, 0.3) is 5.76 Å². The Morgan fingerprint density at radius 3 is 2.30 bits per heavy atom. The van der Waals surface area contributed by atoms with Crippen LogP contribution in [0.15, 0.2) is 60.2 Å². The molecule has 4 rings (SSSR count). The summed E-state index contributed by atoms with van der Waals surface area (Å²) < 4.78 is 16.1. The fourth-order valence-electron chi connectivity index (χ4n) is 4.54. The number of likely N-dealkylation sites (tertiary alicyclic amines) is 1. The largest absolute Gasteiger partial charge is 0.507 e. The summed E-state index contributed by atoms with van der Waals surface area (Å²) in [6.45, 7) is 1.98. The second-order valence-electron chi connectivity index (χ2n) is 8.44. The van der Waals surface area contributed by atoms with Crippen LogP contribution in [-0.4, -0.2) is 43.0 Å². The first-order chi connectivity index (χ1) is 17.7. The number of nitrogens with zero attached hydrogens (tertiary/aromatic N) is 1. The monoisotopic (exact) mass is 541 g/mol. The summed E-state index contributed by atoms with van der Waals surface area (Å²) in [4.78, 5) is 28.3. The summed E-state index contributed by atoms with van der Waals surface area (Å²) in [5.74, 6) is -1.28. The number of rotatable bonds is 7. The van der Waals surface area contributed by atoms with Crippen molar-refractivity contribution in [3.63, 3.8) is 0 Å². The zero-order valence-corrected chi connectivity index (χ0v) is 22.2. The number of aliphatic hydroxyl groups is 1. The van der Waals surface area contributed by atoms with Gasteiger partial charge in [0.1, 0.15) is 16.5 Å². The molecule has 0 aromatic heterocycles. The number of ketones is 1. The van der Waals surface area contributed by atoms with Crippen LogP contribution in [0.4, 0.5) is 0 Å². The van der Waals surface area contributed by atoms with Crippen molar-refractivity contribution in [3.8, 4) is 17.2 Å². The second kappa shape index (κ2) is 10.7. The van der Waals surface area contributed by atoms with Crippen molar-refractivity contribution in [1.29, 1.82) is 0 Å². The Morgan fingerprint density at radius 1 is 0.946 bits per heavy atom. The van der Waals surface area contributed by atoms with Crippen LogP contribution in [-0.2, 0) is 16.1 Å². The summed E-state index contributed by atoms with van der Waals surface area (Å²) in [6.07, 6.45) is 0. The number of hydrogen-bond donors (Lipinski definition) is 1. The van der Waals surface area contributed by atoms with E-state index in [-0.39, 0.29) is 39.2 Å². The highest BCUT2D eigenvalue weighted by atomic mass is 35.5. The first-order valence-electron chi connectivity index (χ1n) is 11.3. The van der Waals surface area contributed by atoms with Crippen molar-refractivity contribution in [3.05, 3.63) is 92.5 Å². The number of carbonyl (C=O) groups is 2. The Bertz CT molecular complexity index is 1420. The van der Waals surface area contributed by atoms with E-state index in [4.69, 9.17) is 37.4 Å². The first kappa shape index (κ1) is 26.4. The zero-order chi connectivity index (χ0) is 26.9. The van der Waals surface area contributed by atoms with Crippen LogP contribution in [0.3, 0.4) is 0 Å². The number of para-hydroxylation sites is 1. The summed E-state index contributed by atoms with van der Waals surface area (Å²) in [5.41, 5.74) is 2.24. The van der Waals surface area contributed by atoms with Crippen LogP contribution in [0, 0.1) is 6.92 Å². The number of halogens is 2. The van der Waals surface area contributed by atoms with Crippen molar-refractivity contribution in [2.45, 2.75) is 19.5 Å². The molecule has 1 N–H and O–H groups in total. The van der Waals surface area contributed by atoms with Gasteiger partial charge in [-0.25, -0.2) is 0 Å². The molecule has 7 nitrogen and oxygen atoms in total. The number of hydrogen-bond acceptors (Lipinski definition) is 6. The minimum absolute atomic E-state index is 0.0226. The lowest BCUT2D eigenvalue weighted by atomic mass is 9.94. The maximum absolute atomic E-state index is 13.5. The van der Waals surface area contributed by atoms with Gasteiger partial charge in [0.25, 0.3) is 11.7 Å². The number of ether oxygens (including phenoxy) is 3. The van der Waals surface area contributed by atoms with Gasteiger partial charge in [-0.05, 0) is 24.6 Å². The topological polar surface area (TPSA) is 85.3 Å². The normalized spacial score (nSPS) is 16.7. The van der Waals surface area contributed by atoms with Crippen molar-refractivity contribution < 1.29 is 28.9 Å². The molecule has 0 bridgehead atoms. The van der Waals surface area contributed by atoms with Crippen LogP contribution in [0.5, 0.6) is 17.2 Å². The average Bonchev–Trinajstić information content (AvgIpc) is 3.13. The molecule has 1 unspecified atom stereocenters. The van der Waals surface area contributed by atoms with E-state index in [1.807, 2.05) is 43.3 Å². The molecule has 1 amide bonds. The average molecular weight is 542 g/mol. The number of methoxy groups -OCH3 is 3. The maximum atomic E-state index is 13.5. The molecular weight excluding hydrogens is 517 g/mol. The fraction of sp³-hybridized carbons (Fsp3) is 0.214. The van der Waals surface area contributed by atoms with Gasteiger partial charge in [0.2, 0.25) is 0 Å². The van der Waals surface area contributed by atoms with E-state index >= 15 is 0 Å². The van der Waals surface area contributed by atoms with Gasteiger partial charge in [-0.15, -0.1) is 0 Å². The third kappa shape index (κ3) is 4.72. The Kier molecular flexibility index (Phi) is 7.66. The highest BCUT2D eigenvalue weighted by Crippen LogP contribution is 2.47. The minimum atomic E-state index is -0.894. The number of amides is 1. The highest BCUT2D eigenvalue weighted by molar-refractivity contribution is 6.47. The predicted molar refractivity (Wildman–Crippen MR) is 142 cm³/mol. The molecule has 0 radical (unpaired) electrons. The smallest absolute Gasteiger partial charge is 0.295 e. The molecule has 192 valence electrons. The van der Waals surface area contributed by atoms with E-state index in [0.29, 0.717) is 16.9 Å². The molecular formula is C28H25Cl2NO6. The Hall–Kier alpha value is -3.68. The molecule has 0 aliphatic carbocycles. The third-order valence-corrected chi connectivity index (χ3v) is 6.85. The Balaban J connectivity index is 1.96. The number of aryl methyl sites for hydroxylation is 1. The standard InChI is InChI=1S/C28H25Cl2NO6/c1-15-8-7-10-16(12-15)23-21(24(32)18-13-19(29)27(37-4)22(30)26(18)36-3)25(33)28(34)31(23)14-17-9-5-6-11-20(17)35-2/h5-13,23,32H,14H2,1-4H3/b24-21+. The zero-order valence-electron chi connectivity index (χ0n) is 20.7. The minimum Gasteiger partial charge on any atom is -0.507 e. The van der Waals surface area contributed by atoms with Gasteiger partial charge in [-0.1, -0.05) is 71.2 Å². The summed E-state index contributed by atoms with van der Waals surface area (Å²) in [7, 11) is 4.30. The van der Waals surface area contributed by atoms with Crippen molar-refractivity contribution in [2.75, 3.05) is 21.3 Å². The third-order valence-electron chi connectivity index (χ3n) is 6.23. The second-order valence-corrected chi connectivity index (χ2v) is 9.22. The molecule has 1 aliphatic rings. The van der Waals surface area contributed by atoms with E-state index in [2.05, 4.69) is 0 Å². The predicted octanol–water partition coefficient (Wildman–Crippen LogP) is 5.95. The molecule has 9 heteroatoms. The maximum Gasteiger partial charge on any atom is 0.295 e. The molecule has 1 heterocycles. The van der Waals surface area contributed by atoms with Crippen molar-refractivity contribution >= 4 is 40.7 Å². The van der Waals surface area contributed by atoms with E-state index in [0.717, 1.165) is 5.56 Å². The quantitative estimate of drug-likeness (QED) is 0.226. The Labute approximate surface area is 224 Å². The molecule has 1 aliphatic heterocycles. The van der Waals surface area contributed by atoms with Crippen molar-refractivity contribution in [2.24, 2.45) is 0 Å². The highest BCUT2D eigenvalue weighted by Gasteiger charge is 2.46. The number of carbonyl (C=O) groups excluding carboxylic acids is 2. The van der Waals surface area contributed by atoms with Gasteiger partial charge in [-0.2, -0.15) is 0 Å². The van der Waals surface area contributed by atoms with Gasteiger partial charge < -0.3 is 24.2 Å². The SMILES string of the molecule is COc1ccccc1CN1C(=O)C(=O)/C(=C(/O)c2cc(Cl)c(OC)c(Cl)c2OC)C1c1cccc(C)c1. The molecule has 1 fully saturated rings. The lowest BCUT2D eigenvalue weighted by Gasteiger charge is -2.26. The van der Waals surface area contributed by atoms with Gasteiger partial charge in [-0.3, -0.25) is 9.59 Å². The molecule has 0 saturated carbocycles. The van der Waals surface area contributed by atoms with E-state index in [9.17, 15) is 14.7 Å². The van der Waals surface area contributed by atoms with Crippen LogP contribution in [0.2, 0.25) is 10.0 Å². The van der Waals surface area contributed by atoms with Crippen LogP contribution in [0.1, 0.15) is 28.3 Å². The summed E-state index contributed by atoms with van der Waals surface area (Å²) >= 11 is 12.8. The first-order valence-corrected chi connectivity index (χ1v) is 12.1. The fourth-order valence-corrected chi connectivity index (χ4v) is 5.23. The Morgan fingerprint density at radius 2 is 1.65 bits per heavy atom. The van der Waals surface area contributed by atoms with Gasteiger partial charge in [0.15, 0.2) is 11.5 Å². The van der Waals surface area contributed by atoms with Crippen LogP contribution >= 0.6 is 23.2 Å². The van der Waals surface area contributed by atoms with Gasteiger partial charge in [0, 0.05) is 5.56 Å². The van der Waals surface area contributed by atoms with Gasteiger partial charge >= 0.3 is 0 Å². The molecule has 1 saturated heterocycles. The lowest BCUT2D eigenvalue weighted by Crippen LogP contribution is -2.29. The number of aliphatic hydroxyl groups excluding tert-OH is 1. The summed E-state index contributed by atoms with van der Waals surface area (Å²) in [5, 5.41) is 11.7. The summed E-state index contributed by atoms with van der Waals surface area (Å²) in [6, 6.07) is 15.1. The van der Waals surface area contributed by atoms with Crippen LogP contribution < -0.4 is 14.2 Å². The number of benzene rings is 3.